The number of tetrazole rings is 1. The Morgan fingerprint density at radius 1 is 1.25 bits per heavy atom. The molecular weight excluding hydrogens is 428 g/mol. The number of carbonyl (C=O) groups excluding carboxylic acids is 1. The monoisotopic (exact) mass is 452 g/mol. The zero-order valence-corrected chi connectivity index (χ0v) is 18.5. The Morgan fingerprint density at radius 2 is 2.06 bits per heavy atom. The maximum absolute atomic E-state index is 13.1. The van der Waals surface area contributed by atoms with Crippen LogP contribution >= 0.6 is 11.6 Å². The van der Waals surface area contributed by atoms with Crippen molar-refractivity contribution in [3.63, 3.8) is 0 Å². The first kappa shape index (κ1) is 22.0. The lowest BCUT2D eigenvalue weighted by Crippen LogP contribution is -2.43. The quantitative estimate of drug-likeness (QED) is 0.565. The summed E-state index contributed by atoms with van der Waals surface area (Å²) in [4.78, 5) is 15.2. The lowest BCUT2D eigenvalue weighted by Gasteiger charge is -2.22. The number of methoxy groups -OCH3 is 1. The van der Waals surface area contributed by atoms with Gasteiger partial charge in [-0.25, -0.2) is 4.68 Å². The van der Waals surface area contributed by atoms with E-state index in [1.807, 2.05) is 60.7 Å². The lowest BCUT2D eigenvalue weighted by molar-refractivity contribution is -0.125. The zero-order chi connectivity index (χ0) is 22.3. The van der Waals surface area contributed by atoms with Gasteiger partial charge in [-0.3, -0.25) is 9.69 Å². The smallest absolute Gasteiger partial charge is 0.237 e. The number of nitrogens with zero attached hydrogens (tertiary/aromatic N) is 5. The minimum absolute atomic E-state index is 0.0284. The molecule has 3 aromatic rings. The second-order valence-corrected chi connectivity index (χ2v) is 8.01. The van der Waals surface area contributed by atoms with Gasteiger partial charge in [0.2, 0.25) is 5.91 Å². The Bertz CT molecular complexity index is 1070. The van der Waals surface area contributed by atoms with Crippen LogP contribution in [-0.4, -0.2) is 57.3 Å². The molecule has 1 aliphatic heterocycles. The average molecular weight is 453 g/mol. The summed E-state index contributed by atoms with van der Waals surface area (Å²) in [5, 5.41) is 15.2. The number of hydrogen-bond donors (Lipinski definition) is 1. The van der Waals surface area contributed by atoms with Crippen LogP contribution < -0.4 is 10.1 Å². The molecule has 1 aliphatic rings. The molecule has 2 heterocycles. The molecule has 9 heteroatoms. The fraction of sp³-hybridized carbons (Fsp3) is 0.304. The predicted molar refractivity (Wildman–Crippen MR) is 122 cm³/mol. The summed E-state index contributed by atoms with van der Waals surface area (Å²) in [6.45, 7) is 1.67. The molecule has 0 aliphatic carbocycles. The van der Waals surface area contributed by atoms with Gasteiger partial charge in [-0.1, -0.05) is 60.2 Å². The first-order valence-electron chi connectivity index (χ1n) is 10.4. The van der Waals surface area contributed by atoms with Gasteiger partial charge in [0.25, 0.3) is 0 Å². The van der Waals surface area contributed by atoms with Crippen LogP contribution in [0.2, 0.25) is 5.02 Å². The molecule has 4 rings (SSSR count). The van der Waals surface area contributed by atoms with Gasteiger partial charge in [-0.05, 0) is 34.5 Å². The molecule has 0 spiro atoms. The molecule has 8 nitrogen and oxygen atoms in total. The number of halogens is 1. The van der Waals surface area contributed by atoms with E-state index in [9.17, 15) is 4.79 Å². The maximum atomic E-state index is 13.1. The molecule has 1 saturated heterocycles. The summed E-state index contributed by atoms with van der Waals surface area (Å²) in [5.41, 5.74) is 1.88. The van der Waals surface area contributed by atoms with Crippen LogP contribution in [-0.2, 0) is 11.3 Å². The Labute approximate surface area is 191 Å². The number of ether oxygens (including phenoxy) is 1. The average Bonchev–Trinajstić information content (AvgIpc) is 3.49. The van der Waals surface area contributed by atoms with Crippen LogP contribution in [0.5, 0.6) is 5.75 Å². The molecular formula is C23H25ClN6O2. The summed E-state index contributed by atoms with van der Waals surface area (Å²) >= 11 is 6.23. The molecule has 0 radical (unpaired) electrons. The Morgan fingerprint density at radius 3 is 2.84 bits per heavy atom. The standard InChI is InChI=1S/C23H25ClN6O2/c1-32-22-11-5-3-7-17(22)9-6-12-29-15-19(30-16-26-27-28-30)13-21(29)23(31)25-14-18-8-2-4-10-20(18)24/h2-11,16,19,21H,12-15H2,1H3,(H,25,31)/b9-6+/t19-,21-/m0/s1. The third-order valence-electron chi connectivity index (χ3n) is 5.61. The maximum Gasteiger partial charge on any atom is 0.237 e. The summed E-state index contributed by atoms with van der Waals surface area (Å²) in [6, 6.07) is 15.1. The van der Waals surface area contributed by atoms with E-state index in [0.29, 0.717) is 31.1 Å². The van der Waals surface area contributed by atoms with E-state index in [1.54, 1.807) is 18.1 Å². The van der Waals surface area contributed by atoms with E-state index < -0.39 is 0 Å². The number of benzene rings is 2. The van der Waals surface area contributed by atoms with E-state index in [-0.39, 0.29) is 18.0 Å². The molecule has 0 saturated carbocycles. The van der Waals surface area contributed by atoms with Crippen molar-refractivity contribution in [2.24, 2.45) is 0 Å². The van der Waals surface area contributed by atoms with Gasteiger partial charge >= 0.3 is 0 Å². The van der Waals surface area contributed by atoms with Crippen molar-refractivity contribution in [3.05, 3.63) is 77.1 Å². The summed E-state index contributed by atoms with van der Waals surface area (Å²) in [6.07, 6.45) is 6.29. The van der Waals surface area contributed by atoms with E-state index in [1.165, 1.54) is 0 Å². The summed E-state index contributed by atoms with van der Waals surface area (Å²) in [5.74, 6) is 0.775. The van der Waals surface area contributed by atoms with Crippen LogP contribution in [0.1, 0.15) is 23.6 Å². The molecule has 1 fully saturated rings. The summed E-state index contributed by atoms with van der Waals surface area (Å²) < 4.78 is 7.13. The number of carbonyl (C=O) groups is 1. The van der Waals surface area contributed by atoms with E-state index in [2.05, 4.69) is 25.7 Å². The minimum atomic E-state index is -0.297. The molecule has 1 aromatic heterocycles. The predicted octanol–water partition coefficient (Wildman–Crippen LogP) is 2.98. The number of amides is 1. The highest BCUT2D eigenvalue weighted by molar-refractivity contribution is 6.31. The van der Waals surface area contributed by atoms with Gasteiger partial charge in [0, 0.05) is 30.2 Å². The minimum Gasteiger partial charge on any atom is -0.496 e. The van der Waals surface area contributed by atoms with Crippen LogP contribution in [0.3, 0.4) is 0 Å². The SMILES string of the molecule is COc1ccccc1/C=C/CN1C[C@@H](n2cnnn2)C[C@H]1C(=O)NCc1ccccc1Cl. The number of aromatic nitrogens is 4. The van der Waals surface area contributed by atoms with E-state index in [4.69, 9.17) is 16.3 Å². The van der Waals surface area contributed by atoms with E-state index in [0.717, 1.165) is 16.9 Å². The first-order chi connectivity index (χ1) is 15.7. The van der Waals surface area contributed by atoms with Crippen molar-refractivity contribution in [2.45, 2.75) is 25.0 Å². The highest BCUT2D eigenvalue weighted by atomic mass is 35.5. The third kappa shape index (κ3) is 5.15. The second kappa shape index (κ2) is 10.4. The van der Waals surface area contributed by atoms with Crippen molar-refractivity contribution in [2.75, 3.05) is 20.2 Å². The molecule has 1 amide bonds. The lowest BCUT2D eigenvalue weighted by atomic mass is 10.1. The Kier molecular flexibility index (Phi) is 7.14. The normalized spacial score (nSPS) is 18.8. The van der Waals surface area contributed by atoms with Crippen molar-refractivity contribution in [3.8, 4) is 5.75 Å². The summed E-state index contributed by atoms with van der Waals surface area (Å²) in [7, 11) is 1.66. The fourth-order valence-corrected chi connectivity index (χ4v) is 4.14. The first-order valence-corrected chi connectivity index (χ1v) is 10.8. The van der Waals surface area contributed by atoms with Crippen LogP contribution in [0, 0.1) is 0 Å². The van der Waals surface area contributed by atoms with Crippen LogP contribution in [0.4, 0.5) is 0 Å². The molecule has 0 unspecified atom stereocenters. The van der Waals surface area contributed by atoms with Crippen molar-refractivity contribution in [1.29, 1.82) is 0 Å². The number of para-hydroxylation sites is 1. The molecule has 166 valence electrons. The highest BCUT2D eigenvalue weighted by Gasteiger charge is 2.37. The van der Waals surface area contributed by atoms with Gasteiger partial charge in [-0.2, -0.15) is 0 Å². The number of likely N-dealkylation sites (tertiary alicyclic amines) is 1. The molecule has 2 atom stereocenters. The van der Waals surface area contributed by atoms with Crippen molar-refractivity contribution >= 4 is 23.6 Å². The van der Waals surface area contributed by atoms with Gasteiger partial charge in [0.15, 0.2) is 0 Å². The largest absolute Gasteiger partial charge is 0.496 e. The van der Waals surface area contributed by atoms with Gasteiger partial charge in [-0.15, -0.1) is 5.10 Å². The Balaban J connectivity index is 1.45. The molecule has 2 aromatic carbocycles. The fourth-order valence-electron chi connectivity index (χ4n) is 3.94. The zero-order valence-electron chi connectivity index (χ0n) is 17.8. The van der Waals surface area contributed by atoms with Crippen LogP contribution in [0.15, 0.2) is 60.9 Å². The number of hydrogen-bond acceptors (Lipinski definition) is 6. The van der Waals surface area contributed by atoms with Gasteiger partial charge in [0.05, 0.1) is 19.2 Å². The second-order valence-electron chi connectivity index (χ2n) is 7.60. The molecule has 32 heavy (non-hydrogen) atoms. The molecule has 0 bridgehead atoms. The molecule has 1 N–H and O–H groups in total. The van der Waals surface area contributed by atoms with Crippen molar-refractivity contribution in [1.82, 2.24) is 30.4 Å². The van der Waals surface area contributed by atoms with Gasteiger partial charge in [0.1, 0.15) is 12.1 Å². The van der Waals surface area contributed by atoms with Crippen LogP contribution in [0.25, 0.3) is 6.08 Å². The van der Waals surface area contributed by atoms with Crippen molar-refractivity contribution < 1.29 is 9.53 Å². The topological polar surface area (TPSA) is 85.2 Å². The van der Waals surface area contributed by atoms with E-state index >= 15 is 0 Å². The third-order valence-corrected chi connectivity index (χ3v) is 5.98. The number of rotatable bonds is 8. The van der Waals surface area contributed by atoms with Gasteiger partial charge < -0.3 is 10.1 Å². The number of nitrogens with one attached hydrogen (secondary N) is 1. The highest BCUT2D eigenvalue weighted by Crippen LogP contribution is 2.27. The Hall–Kier alpha value is -3.23.